The number of aliphatic hydroxyl groups excluding tert-OH is 1. The van der Waals surface area contributed by atoms with Crippen molar-refractivity contribution in [3.05, 3.63) is 116 Å². The van der Waals surface area contributed by atoms with Crippen molar-refractivity contribution in [1.82, 2.24) is 0 Å². The summed E-state index contributed by atoms with van der Waals surface area (Å²) in [5, 5.41) is 46.1. The van der Waals surface area contributed by atoms with Crippen LogP contribution in [0.1, 0.15) is 79.2 Å². The number of rotatable bonds is 9. The summed E-state index contributed by atoms with van der Waals surface area (Å²) in [5.74, 6) is -4.78. The molecule has 16 heteroatoms. The number of ketones is 3. The van der Waals surface area contributed by atoms with Gasteiger partial charge in [0.25, 0.3) is 0 Å². The molecule has 1 saturated heterocycles. The number of Topliss-reactive ketones (excluding diaryl/α,β-unsaturated/α-hetero) is 1. The van der Waals surface area contributed by atoms with Gasteiger partial charge in [0.2, 0.25) is 11.6 Å². The molecule has 3 aliphatic rings. The molecule has 0 bridgehead atoms. The first-order chi connectivity index (χ1) is 28.2. The Labute approximate surface area is 349 Å². The summed E-state index contributed by atoms with van der Waals surface area (Å²) in [6, 6.07) is 19.9. The molecule has 8 rings (SSSR count). The van der Waals surface area contributed by atoms with E-state index in [4.69, 9.17) is 36.9 Å². The van der Waals surface area contributed by atoms with Gasteiger partial charge in [0.05, 0.1) is 52.6 Å². The maximum Gasteiger partial charge on any atom is 0.338 e. The molecule has 6 N–H and O–H groups in total. The van der Waals surface area contributed by atoms with Crippen molar-refractivity contribution >= 4 is 56.2 Å². The first kappa shape index (κ1) is 40.6. The number of aliphatic hydroxyl groups is 2. The number of hydrogen-bond donors (Lipinski definition) is 5. The maximum absolute atomic E-state index is 14.0. The molecule has 0 amide bonds. The van der Waals surface area contributed by atoms with E-state index >= 15 is 0 Å². The average Bonchev–Trinajstić information content (AvgIpc) is 3.62. The van der Waals surface area contributed by atoms with Crippen LogP contribution >= 0.6 is 32.9 Å². The number of phenolic OH excluding ortho intramolecular Hbond substituents is 2. The van der Waals surface area contributed by atoms with E-state index < -0.39 is 102 Å². The molecule has 13 nitrogen and oxygen atoms in total. The average molecular weight is 856 g/mol. The fourth-order valence-electron chi connectivity index (χ4n) is 8.01. The lowest BCUT2D eigenvalue weighted by molar-refractivity contribution is -0.247. The molecule has 2 heterocycles. The van der Waals surface area contributed by atoms with Crippen LogP contribution < -0.4 is 10.5 Å². The number of benzene rings is 4. The van der Waals surface area contributed by atoms with E-state index in [1.54, 1.807) is 31.2 Å². The quantitative estimate of drug-likeness (QED) is 0.0485. The van der Waals surface area contributed by atoms with Gasteiger partial charge in [-0.05, 0) is 36.2 Å². The molecule has 1 aromatic heterocycles. The fourth-order valence-corrected chi connectivity index (χ4v) is 10.9. The predicted molar refractivity (Wildman–Crippen MR) is 219 cm³/mol. The molecule has 0 spiro atoms. The van der Waals surface area contributed by atoms with Gasteiger partial charge in [-0.3, -0.25) is 14.4 Å². The van der Waals surface area contributed by atoms with E-state index in [1.807, 2.05) is 30.3 Å². The van der Waals surface area contributed by atoms with Crippen molar-refractivity contribution in [2.75, 3.05) is 13.7 Å². The number of aromatic hydroxyl groups is 2. The van der Waals surface area contributed by atoms with Crippen LogP contribution in [0.25, 0.3) is 21.6 Å². The third kappa shape index (κ3) is 7.08. The van der Waals surface area contributed by atoms with Crippen LogP contribution in [0.5, 0.6) is 17.2 Å². The van der Waals surface area contributed by atoms with Crippen molar-refractivity contribution < 1.29 is 58.6 Å². The fraction of sp³-hybridized carbons (Fsp3) is 0.279. The van der Waals surface area contributed by atoms with Crippen molar-refractivity contribution in [1.29, 1.82) is 0 Å². The molecule has 0 saturated carbocycles. The molecule has 4 aromatic carbocycles. The van der Waals surface area contributed by atoms with Crippen molar-refractivity contribution in [2.45, 2.75) is 62.4 Å². The van der Waals surface area contributed by atoms with Gasteiger partial charge in [-0.15, -0.1) is 0 Å². The summed E-state index contributed by atoms with van der Waals surface area (Å²) in [7, 11) is 4.32. The zero-order chi connectivity index (χ0) is 41.9. The molecule has 59 heavy (non-hydrogen) atoms. The van der Waals surface area contributed by atoms with Gasteiger partial charge in [-0.2, -0.15) is 0 Å². The second kappa shape index (κ2) is 15.8. The molecule has 1 fully saturated rings. The first-order valence-electron chi connectivity index (χ1n) is 18.6. The van der Waals surface area contributed by atoms with Crippen LogP contribution in [0, 0.1) is 3.82 Å². The summed E-state index contributed by atoms with van der Waals surface area (Å²) in [6.45, 7) is 0.687. The number of carbonyl (C=O) groups excluding carboxylic acids is 4. The maximum atomic E-state index is 14.0. The highest BCUT2D eigenvalue weighted by atomic mass is 32.9. The number of carbonyl (C=O) groups is 4. The Kier molecular flexibility index (Phi) is 10.9. The standard InChI is InChI=1S/C43H37NO12S3/c1-19-35(46)25(44)15-29(55-19)56-27-17-43(52,16-24-32(27)39(50)34-33(37(24)48)36(47)23-9-6-10-26(53-2)31(23)38(34)49)28(45)18-54-41(51)22-13-11-21(12-14-22)40-30(42(57)59-58-40)20-7-4-3-5-8-20/h3-14,19,25,27,29,35,46,48,50,52H,15-18,44H2,1-2H3/t19-,25-,27-,29-,35+,43-/m0/s1. The number of ether oxygens (including phenoxy) is 4. The number of hydrogen-bond acceptors (Lipinski definition) is 16. The lowest BCUT2D eigenvalue weighted by Crippen LogP contribution is -2.53. The summed E-state index contributed by atoms with van der Waals surface area (Å²) in [5.41, 5.74) is 5.02. The highest BCUT2D eigenvalue weighted by Crippen LogP contribution is 2.52. The van der Waals surface area contributed by atoms with Crippen molar-refractivity contribution in [2.24, 2.45) is 5.73 Å². The molecule has 6 atom stereocenters. The van der Waals surface area contributed by atoms with Gasteiger partial charge in [0.1, 0.15) is 26.7 Å². The van der Waals surface area contributed by atoms with Crippen LogP contribution in [0.2, 0.25) is 0 Å². The van der Waals surface area contributed by atoms with Gasteiger partial charge in [-0.1, -0.05) is 87.5 Å². The second-order valence-electron chi connectivity index (χ2n) is 14.7. The molecule has 5 aromatic rings. The Morgan fingerprint density at radius 2 is 1.63 bits per heavy atom. The van der Waals surface area contributed by atoms with Gasteiger partial charge in [0, 0.05) is 47.6 Å². The minimum Gasteiger partial charge on any atom is -0.507 e. The molecular formula is C43H37NO12S3. The van der Waals surface area contributed by atoms with Crippen LogP contribution in [0.15, 0.2) is 72.8 Å². The SMILES string of the molecule is COc1cccc2c1C(=O)c1c(O)c3c(c(O)c1C2=O)C[C@@](O)(C(=O)COC(=O)c1ccc(-c2ssc(=S)c2-c2ccccc2)cc1)C[C@@H]3O[C@H]1C[C@H](N)[C@H](O)[C@H](C)O1. The number of methoxy groups -OCH3 is 1. The van der Waals surface area contributed by atoms with E-state index in [2.05, 4.69) is 0 Å². The van der Waals surface area contributed by atoms with Gasteiger partial charge >= 0.3 is 5.97 Å². The van der Waals surface area contributed by atoms with Gasteiger partial charge < -0.3 is 45.1 Å². The van der Waals surface area contributed by atoms with E-state index in [1.165, 1.54) is 46.0 Å². The highest BCUT2D eigenvalue weighted by molar-refractivity contribution is 7.80. The monoisotopic (exact) mass is 855 g/mol. The summed E-state index contributed by atoms with van der Waals surface area (Å²) >= 11 is 5.62. The van der Waals surface area contributed by atoms with Crippen molar-refractivity contribution in [3.63, 3.8) is 0 Å². The van der Waals surface area contributed by atoms with Gasteiger partial charge in [0.15, 0.2) is 18.7 Å². The highest BCUT2D eigenvalue weighted by Gasteiger charge is 2.50. The summed E-state index contributed by atoms with van der Waals surface area (Å²) in [4.78, 5) is 56.1. The van der Waals surface area contributed by atoms with Crippen LogP contribution in [-0.2, 0) is 25.4 Å². The molecule has 304 valence electrons. The summed E-state index contributed by atoms with van der Waals surface area (Å²) < 4.78 is 23.6. The van der Waals surface area contributed by atoms with Crippen LogP contribution in [0.3, 0.4) is 0 Å². The Hall–Kier alpha value is -5.17. The Balaban J connectivity index is 1.08. The number of fused-ring (bicyclic) bond motifs is 3. The first-order valence-corrected chi connectivity index (χ1v) is 21.1. The smallest absolute Gasteiger partial charge is 0.338 e. The van der Waals surface area contributed by atoms with E-state index in [0.29, 0.717) is 0 Å². The van der Waals surface area contributed by atoms with E-state index in [0.717, 1.165) is 25.4 Å². The summed E-state index contributed by atoms with van der Waals surface area (Å²) in [6.07, 6.45) is -5.62. The van der Waals surface area contributed by atoms with E-state index in [9.17, 15) is 39.6 Å². The molecule has 1 aliphatic heterocycles. The molecule has 0 radical (unpaired) electrons. The second-order valence-corrected chi connectivity index (χ2v) is 17.5. The zero-order valence-corrected chi connectivity index (χ0v) is 33.9. The lowest BCUT2D eigenvalue weighted by Gasteiger charge is -2.42. The predicted octanol–water partition coefficient (Wildman–Crippen LogP) is 6.05. The van der Waals surface area contributed by atoms with E-state index in [-0.39, 0.29) is 40.0 Å². The van der Waals surface area contributed by atoms with Crippen LogP contribution in [0.4, 0.5) is 0 Å². The molecule has 2 aliphatic carbocycles. The largest absolute Gasteiger partial charge is 0.507 e. The zero-order valence-electron chi connectivity index (χ0n) is 31.5. The van der Waals surface area contributed by atoms with Crippen molar-refractivity contribution in [3.8, 4) is 38.8 Å². The number of nitrogens with two attached hydrogens (primary N) is 1. The van der Waals surface area contributed by atoms with Crippen LogP contribution in [-0.4, -0.2) is 87.6 Å². The Bertz CT molecular complexity index is 2580. The minimum absolute atomic E-state index is 0.0329. The molecular weight excluding hydrogens is 819 g/mol. The third-order valence-corrected chi connectivity index (χ3v) is 14.1. The topological polar surface area (TPSA) is 212 Å². The lowest BCUT2D eigenvalue weighted by atomic mass is 9.72. The third-order valence-electron chi connectivity index (χ3n) is 11.1. The molecule has 0 unspecified atom stereocenters. The normalized spacial score (nSPS) is 23.5. The number of esters is 1. The Morgan fingerprint density at radius 3 is 2.32 bits per heavy atom. The number of phenols is 2. The Morgan fingerprint density at radius 1 is 0.915 bits per heavy atom. The minimum atomic E-state index is -2.39. The van der Waals surface area contributed by atoms with Gasteiger partial charge in [-0.25, -0.2) is 4.79 Å².